The van der Waals surface area contributed by atoms with E-state index in [1.807, 2.05) is 0 Å². The number of carbonyl (C=O) groups excluding carboxylic acids is 2. The van der Waals surface area contributed by atoms with Gasteiger partial charge in [-0.05, 0) is 54.2 Å². The van der Waals surface area contributed by atoms with E-state index in [0.717, 1.165) is 6.07 Å². The highest BCUT2D eigenvalue weighted by Crippen LogP contribution is 2.39. The summed E-state index contributed by atoms with van der Waals surface area (Å²) in [7, 11) is 1.60. The number of nitrogens with one attached hydrogen (secondary N) is 1. The van der Waals surface area contributed by atoms with Crippen LogP contribution in [0, 0.1) is 23.7 Å². The maximum Gasteiger partial charge on any atom is 0.416 e. The number of fused-ring (bicyclic) bond motifs is 1. The number of anilines is 1. The van der Waals surface area contributed by atoms with Crippen LogP contribution in [0.15, 0.2) is 42.5 Å². The second kappa shape index (κ2) is 10.7. The van der Waals surface area contributed by atoms with Crippen LogP contribution in [-0.4, -0.2) is 50.1 Å². The van der Waals surface area contributed by atoms with Crippen molar-refractivity contribution in [3.05, 3.63) is 64.7 Å². The predicted octanol–water partition coefficient (Wildman–Crippen LogP) is 3.70. The van der Waals surface area contributed by atoms with Crippen LogP contribution in [0.25, 0.3) is 0 Å². The number of halogens is 3. The van der Waals surface area contributed by atoms with Crippen LogP contribution < -0.4 is 10.2 Å². The molecule has 0 bridgehead atoms. The van der Waals surface area contributed by atoms with Crippen molar-refractivity contribution in [2.75, 3.05) is 38.3 Å². The van der Waals surface area contributed by atoms with Crippen LogP contribution in [0.1, 0.15) is 34.0 Å². The lowest BCUT2D eigenvalue weighted by Gasteiger charge is -2.18. The minimum Gasteiger partial charge on any atom is -0.384 e. The van der Waals surface area contributed by atoms with Gasteiger partial charge in [0.25, 0.3) is 11.8 Å². The van der Waals surface area contributed by atoms with Crippen molar-refractivity contribution >= 4 is 17.5 Å². The van der Waals surface area contributed by atoms with E-state index in [9.17, 15) is 22.8 Å². The van der Waals surface area contributed by atoms with Crippen molar-refractivity contribution in [2.45, 2.75) is 26.2 Å². The van der Waals surface area contributed by atoms with E-state index in [1.165, 1.54) is 4.90 Å². The zero-order valence-electron chi connectivity index (χ0n) is 20.2. The molecule has 2 unspecified atom stereocenters. The van der Waals surface area contributed by atoms with E-state index in [4.69, 9.17) is 4.74 Å². The summed E-state index contributed by atoms with van der Waals surface area (Å²) >= 11 is 0. The lowest BCUT2D eigenvalue weighted by atomic mass is 9.96. The number of ether oxygens (including phenoxy) is 1. The maximum atomic E-state index is 14.0. The van der Waals surface area contributed by atoms with Crippen molar-refractivity contribution in [3.63, 3.8) is 0 Å². The molecule has 2 heterocycles. The summed E-state index contributed by atoms with van der Waals surface area (Å²) in [5.74, 6) is 4.65. The molecule has 2 aromatic carbocycles. The SMILES string of the molecule is CC#CC(=O)N1CC(CNCc2cc3c(c(C(F)(F)F)c2)CN(c2ccccc2)C3=O)C(COC)C1. The Hall–Kier alpha value is -3.35. The Kier molecular flexibility index (Phi) is 7.67. The van der Waals surface area contributed by atoms with Crippen molar-refractivity contribution in [3.8, 4) is 11.8 Å². The van der Waals surface area contributed by atoms with Gasteiger partial charge < -0.3 is 19.9 Å². The van der Waals surface area contributed by atoms with Crippen molar-refractivity contribution in [1.29, 1.82) is 0 Å². The molecule has 1 saturated heterocycles. The molecule has 0 spiro atoms. The number of hydrogen-bond donors (Lipinski definition) is 1. The average molecular weight is 500 g/mol. The zero-order valence-corrected chi connectivity index (χ0v) is 20.2. The number of carbonyl (C=O) groups is 2. The van der Waals surface area contributed by atoms with Crippen LogP contribution in [0.4, 0.5) is 18.9 Å². The Bertz CT molecular complexity index is 1190. The molecule has 9 heteroatoms. The fraction of sp³-hybridized carbons (Fsp3) is 0.407. The summed E-state index contributed by atoms with van der Waals surface area (Å²) in [5.41, 5.74) is 0.247. The van der Waals surface area contributed by atoms with Crippen molar-refractivity contribution in [1.82, 2.24) is 10.2 Å². The molecule has 4 rings (SSSR count). The molecular formula is C27H28F3N3O3. The molecule has 0 saturated carbocycles. The second-order valence-electron chi connectivity index (χ2n) is 9.09. The smallest absolute Gasteiger partial charge is 0.384 e. The molecule has 0 radical (unpaired) electrons. The summed E-state index contributed by atoms with van der Waals surface area (Å²) < 4.78 is 47.2. The van der Waals surface area contributed by atoms with E-state index in [1.54, 1.807) is 55.3 Å². The molecule has 1 N–H and O–H groups in total. The number of benzene rings is 2. The topological polar surface area (TPSA) is 61.9 Å². The number of amides is 2. The summed E-state index contributed by atoms with van der Waals surface area (Å²) in [6.07, 6.45) is -4.58. The van der Waals surface area contributed by atoms with Crippen molar-refractivity contribution in [2.24, 2.45) is 11.8 Å². The molecule has 6 nitrogen and oxygen atoms in total. The minimum atomic E-state index is -4.58. The number of nitrogens with zero attached hydrogens (tertiary/aromatic N) is 2. The van der Waals surface area contributed by atoms with Crippen LogP contribution in [-0.2, 0) is 28.8 Å². The number of alkyl halides is 3. The third kappa shape index (κ3) is 5.40. The third-order valence-electron chi connectivity index (χ3n) is 6.69. The lowest BCUT2D eigenvalue weighted by molar-refractivity contribution is -0.138. The first kappa shape index (κ1) is 25.7. The van der Waals surface area contributed by atoms with Gasteiger partial charge in [0.15, 0.2) is 0 Å². The maximum absolute atomic E-state index is 14.0. The highest BCUT2D eigenvalue weighted by Gasteiger charge is 2.40. The third-order valence-corrected chi connectivity index (χ3v) is 6.69. The Morgan fingerprint density at radius 1 is 1.17 bits per heavy atom. The number of rotatable bonds is 7. The molecular weight excluding hydrogens is 471 g/mol. The number of hydrogen-bond acceptors (Lipinski definition) is 4. The molecule has 2 aliphatic heterocycles. The van der Waals surface area contributed by atoms with Gasteiger partial charge in [0.1, 0.15) is 0 Å². The molecule has 2 atom stereocenters. The molecule has 36 heavy (non-hydrogen) atoms. The second-order valence-corrected chi connectivity index (χ2v) is 9.09. The van der Waals surface area contributed by atoms with Gasteiger partial charge in [-0.2, -0.15) is 13.2 Å². The molecule has 190 valence electrons. The van der Waals surface area contributed by atoms with Crippen molar-refractivity contribution < 1.29 is 27.5 Å². The molecule has 2 aliphatic rings. The number of para-hydroxylation sites is 1. The first-order valence-electron chi connectivity index (χ1n) is 11.7. The summed E-state index contributed by atoms with van der Waals surface area (Å²) in [4.78, 5) is 28.3. The van der Waals surface area contributed by atoms with Crippen LogP contribution in [0.5, 0.6) is 0 Å². The van der Waals surface area contributed by atoms with Crippen LogP contribution in [0.2, 0.25) is 0 Å². The quantitative estimate of drug-likeness (QED) is 0.591. The van der Waals surface area contributed by atoms with E-state index in [0.29, 0.717) is 37.5 Å². The van der Waals surface area contributed by atoms with Gasteiger partial charge in [-0.15, -0.1) is 0 Å². The van der Waals surface area contributed by atoms with E-state index in [-0.39, 0.29) is 42.0 Å². The molecule has 0 aromatic heterocycles. The van der Waals surface area contributed by atoms with E-state index >= 15 is 0 Å². The Morgan fingerprint density at radius 2 is 1.89 bits per heavy atom. The standard InChI is InChI=1S/C27H28F3N3O3/c1-3-7-25(34)32-14-19(20(15-32)17-36-2)13-31-12-18-10-22-23(24(11-18)27(28,29)30)16-33(26(22)35)21-8-5-4-6-9-21/h4-6,8-11,19-20,31H,12-17H2,1-2H3. The Labute approximate surface area is 208 Å². The van der Waals surface area contributed by atoms with Crippen LogP contribution >= 0.6 is 0 Å². The first-order valence-corrected chi connectivity index (χ1v) is 11.7. The normalized spacial score (nSPS) is 19.3. The average Bonchev–Trinajstić information content (AvgIpc) is 3.40. The fourth-order valence-electron chi connectivity index (χ4n) is 4.97. The monoisotopic (exact) mass is 499 g/mol. The Balaban J connectivity index is 1.50. The lowest BCUT2D eigenvalue weighted by Crippen LogP contribution is -2.30. The van der Waals surface area contributed by atoms with E-state index in [2.05, 4.69) is 17.2 Å². The summed E-state index contributed by atoms with van der Waals surface area (Å²) in [6, 6.07) is 11.4. The van der Waals surface area contributed by atoms with E-state index < -0.39 is 17.6 Å². The summed E-state index contributed by atoms with van der Waals surface area (Å²) in [6.45, 7) is 3.62. The fourth-order valence-corrected chi connectivity index (χ4v) is 4.97. The highest BCUT2D eigenvalue weighted by atomic mass is 19.4. The molecule has 2 aromatic rings. The molecule has 0 aliphatic carbocycles. The Morgan fingerprint density at radius 3 is 2.56 bits per heavy atom. The van der Waals surface area contributed by atoms with Gasteiger partial charge in [-0.25, -0.2) is 0 Å². The highest BCUT2D eigenvalue weighted by molar-refractivity contribution is 6.10. The van der Waals surface area contributed by atoms with Gasteiger partial charge in [0.05, 0.1) is 18.7 Å². The van der Waals surface area contributed by atoms with Gasteiger partial charge >= 0.3 is 6.18 Å². The summed E-state index contributed by atoms with van der Waals surface area (Å²) in [5, 5.41) is 3.23. The first-order chi connectivity index (χ1) is 17.2. The van der Waals surface area contributed by atoms with Crippen LogP contribution in [0.3, 0.4) is 0 Å². The zero-order chi connectivity index (χ0) is 25.9. The number of methoxy groups -OCH3 is 1. The number of likely N-dealkylation sites (tertiary alicyclic amines) is 1. The molecule has 2 amide bonds. The predicted molar refractivity (Wildman–Crippen MR) is 129 cm³/mol. The van der Waals surface area contributed by atoms with Gasteiger partial charge in [0.2, 0.25) is 0 Å². The minimum absolute atomic E-state index is 0.00208. The largest absolute Gasteiger partial charge is 0.416 e. The van der Waals surface area contributed by atoms with Gasteiger partial charge in [-0.1, -0.05) is 24.1 Å². The van der Waals surface area contributed by atoms with Gasteiger partial charge in [0, 0.05) is 50.5 Å². The molecule has 1 fully saturated rings. The van der Waals surface area contributed by atoms with Gasteiger partial charge in [-0.3, -0.25) is 9.59 Å².